The molecule has 0 spiro atoms. The molecule has 6 heteroatoms. The third-order valence-corrected chi connectivity index (χ3v) is 4.78. The zero-order chi connectivity index (χ0) is 18.7. The molecule has 134 valence electrons. The molecule has 26 heavy (non-hydrogen) atoms. The van der Waals surface area contributed by atoms with Crippen LogP contribution in [0, 0.1) is 0 Å². The first-order chi connectivity index (χ1) is 12.5. The summed E-state index contributed by atoms with van der Waals surface area (Å²) in [5, 5.41) is 10.4. The molecular weight excluding hydrogens is 352 g/mol. The Hall–Kier alpha value is -2.79. The van der Waals surface area contributed by atoms with Gasteiger partial charge in [-0.3, -0.25) is 9.59 Å². The highest BCUT2D eigenvalue weighted by Crippen LogP contribution is 2.33. The Balaban J connectivity index is 1.88. The van der Waals surface area contributed by atoms with E-state index in [-0.39, 0.29) is 17.6 Å². The number of benzene rings is 2. The van der Waals surface area contributed by atoms with E-state index in [1.807, 2.05) is 18.2 Å². The van der Waals surface area contributed by atoms with E-state index in [2.05, 4.69) is 6.58 Å². The van der Waals surface area contributed by atoms with Crippen LogP contribution in [0.1, 0.15) is 10.4 Å². The summed E-state index contributed by atoms with van der Waals surface area (Å²) in [6.45, 7) is 5.32. The van der Waals surface area contributed by atoms with Crippen LogP contribution in [0.15, 0.2) is 55.1 Å². The minimum absolute atomic E-state index is 0.0675. The molecule has 2 aromatic carbocycles. The number of hydrogen-bond acceptors (Lipinski definition) is 3. The van der Waals surface area contributed by atoms with E-state index in [4.69, 9.17) is 11.6 Å². The molecule has 1 aliphatic heterocycles. The van der Waals surface area contributed by atoms with Crippen molar-refractivity contribution in [3.63, 3.8) is 0 Å². The average Bonchev–Trinajstić information content (AvgIpc) is 2.67. The van der Waals surface area contributed by atoms with Crippen LogP contribution in [-0.4, -0.2) is 52.9 Å². The molecule has 0 aromatic heterocycles. The molecule has 2 aromatic rings. The highest BCUT2D eigenvalue weighted by Gasteiger charge is 2.26. The van der Waals surface area contributed by atoms with Gasteiger partial charge >= 0.3 is 0 Å². The quantitative estimate of drug-likeness (QED) is 0.844. The molecule has 0 saturated carbocycles. The summed E-state index contributed by atoms with van der Waals surface area (Å²) >= 11 is 6.28. The Labute approximate surface area is 157 Å². The van der Waals surface area contributed by atoms with Gasteiger partial charge in [0.1, 0.15) is 5.75 Å². The number of phenols is 1. The van der Waals surface area contributed by atoms with Gasteiger partial charge < -0.3 is 14.9 Å². The molecule has 1 fully saturated rings. The first kappa shape index (κ1) is 18.0. The molecule has 3 rings (SSSR count). The van der Waals surface area contributed by atoms with Crippen LogP contribution in [0.3, 0.4) is 0 Å². The Morgan fingerprint density at radius 3 is 2.31 bits per heavy atom. The number of phenolic OH excluding ortho intramolecular Hbond substituents is 1. The highest BCUT2D eigenvalue weighted by molar-refractivity contribution is 6.33. The number of aromatic hydroxyl groups is 1. The van der Waals surface area contributed by atoms with Crippen molar-refractivity contribution < 1.29 is 14.7 Å². The minimum Gasteiger partial charge on any atom is -0.508 e. The van der Waals surface area contributed by atoms with E-state index >= 15 is 0 Å². The van der Waals surface area contributed by atoms with Crippen LogP contribution < -0.4 is 0 Å². The van der Waals surface area contributed by atoms with Crippen molar-refractivity contribution in [3.05, 3.63) is 65.7 Å². The highest BCUT2D eigenvalue weighted by atomic mass is 35.5. The average molecular weight is 371 g/mol. The van der Waals surface area contributed by atoms with Crippen LogP contribution in [0.5, 0.6) is 5.75 Å². The second-order valence-corrected chi connectivity index (χ2v) is 6.44. The lowest BCUT2D eigenvalue weighted by Crippen LogP contribution is -2.50. The number of halogens is 1. The molecule has 5 nitrogen and oxygen atoms in total. The van der Waals surface area contributed by atoms with Gasteiger partial charge in [0, 0.05) is 42.3 Å². The van der Waals surface area contributed by atoms with E-state index in [9.17, 15) is 14.7 Å². The normalized spacial score (nSPS) is 14.2. The Morgan fingerprint density at radius 2 is 1.65 bits per heavy atom. The van der Waals surface area contributed by atoms with Gasteiger partial charge in [-0.2, -0.15) is 0 Å². The summed E-state index contributed by atoms with van der Waals surface area (Å²) in [5.74, 6) is -0.207. The first-order valence-electron chi connectivity index (χ1n) is 8.30. The lowest BCUT2D eigenvalue weighted by molar-refractivity contribution is -0.127. The minimum atomic E-state index is -0.148. The zero-order valence-corrected chi connectivity index (χ0v) is 14.9. The standard InChI is InChI=1S/C20H19ClN2O3/c1-2-19(25)22-9-11-23(12-10-22)20(26)16-8-7-14(24)13-17(16)15-5-3-4-6-18(15)21/h2-8,13,24H,1,9-12H2. The topological polar surface area (TPSA) is 60.9 Å². The van der Waals surface area contributed by atoms with Gasteiger partial charge in [0.05, 0.1) is 0 Å². The monoisotopic (exact) mass is 370 g/mol. The maximum absolute atomic E-state index is 13.0. The predicted molar refractivity (Wildman–Crippen MR) is 101 cm³/mol. The van der Waals surface area contributed by atoms with Crippen LogP contribution >= 0.6 is 11.6 Å². The second-order valence-electron chi connectivity index (χ2n) is 6.03. The van der Waals surface area contributed by atoms with Crippen molar-refractivity contribution >= 4 is 23.4 Å². The lowest BCUT2D eigenvalue weighted by atomic mass is 9.98. The van der Waals surface area contributed by atoms with Gasteiger partial charge in [-0.1, -0.05) is 36.4 Å². The first-order valence-corrected chi connectivity index (χ1v) is 8.67. The number of carbonyl (C=O) groups is 2. The van der Waals surface area contributed by atoms with Crippen molar-refractivity contribution in [1.82, 2.24) is 9.80 Å². The fourth-order valence-electron chi connectivity index (χ4n) is 3.05. The summed E-state index contributed by atoms with van der Waals surface area (Å²) in [5.41, 5.74) is 1.75. The Kier molecular flexibility index (Phi) is 5.28. The number of piperazine rings is 1. The van der Waals surface area contributed by atoms with Gasteiger partial charge in [0.25, 0.3) is 5.91 Å². The van der Waals surface area contributed by atoms with Gasteiger partial charge in [0.2, 0.25) is 5.91 Å². The molecule has 1 saturated heterocycles. The molecular formula is C20H19ClN2O3. The molecule has 0 unspecified atom stereocenters. The molecule has 2 amide bonds. The van der Waals surface area contributed by atoms with Crippen molar-refractivity contribution in [2.75, 3.05) is 26.2 Å². The Bertz CT molecular complexity index is 858. The smallest absolute Gasteiger partial charge is 0.254 e. The molecule has 1 N–H and O–H groups in total. The molecule has 0 bridgehead atoms. The number of nitrogens with zero attached hydrogens (tertiary/aromatic N) is 2. The predicted octanol–water partition coefficient (Wildman–Crippen LogP) is 3.18. The lowest BCUT2D eigenvalue weighted by Gasteiger charge is -2.34. The number of amides is 2. The van der Waals surface area contributed by atoms with Crippen LogP contribution in [0.4, 0.5) is 0 Å². The summed E-state index contributed by atoms with van der Waals surface area (Å²) in [7, 11) is 0. The van der Waals surface area contributed by atoms with Crippen LogP contribution in [0.2, 0.25) is 5.02 Å². The van der Waals surface area contributed by atoms with Crippen molar-refractivity contribution in [2.24, 2.45) is 0 Å². The van der Waals surface area contributed by atoms with Crippen LogP contribution in [-0.2, 0) is 4.79 Å². The summed E-state index contributed by atoms with van der Waals surface area (Å²) < 4.78 is 0. The summed E-state index contributed by atoms with van der Waals surface area (Å²) in [4.78, 5) is 28.1. The molecule has 0 aliphatic carbocycles. The van der Waals surface area contributed by atoms with Crippen molar-refractivity contribution in [1.29, 1.82) is 0 Å². The fourth-order valence-corrected chi connectivity index (χ4v) is 3.29. The van der Waals surface area contributed by atoms with Gasteiger partial charge in [0.15, 0.2) is 0 Å². The zero-order valence-electron chi connectivity index (χ0n) is 14.2. The second kappa shape index (κ2) is 7.62. The maximum atomic E-state index is 13.0. The number of carbonyl (C=O) groups excluding carboxylic acids is 2. The third kappa shape index (κ3) is 3.58. The largest absolute Gasteiger partial charge is 0.508 e. The number of rotatable bonds is 3. The molecule has 1 heterocycles. The third-order valence-electron chi connectivity index (χ3n) is 4.45. The molecule has 1 aliphatic rings. The van der Waals surface area contributed by atoms with Gasteiger partial charge in [-0.25, -0.2) is 0 Å². The van der Waals surface area contributed by atoms with E-state index in [1.54, 1.807) is 28.0 Å². The van der Waals surface area contributed by atoms with E-state index in [0.717, 1.165) is 0 Å². The van der Waals surface area contributed by atoms with Gasteiger partial charge in [-0.15, -0.1) is 0 Å². The molecule has 0 atom stereocenters. The van der Waals surface area contributed by atoms with Gasteiger partial charge in [-0.05, 0) is 35.9 Å². The van der Waals surface area contributed by atoms with Crippen molar-refractivity contribution in [2.45, 2.75) is 0 Å². The van der Waals surface area contributed by atoms with E-state index in [1.165, 1.54) is 12.1 Å². The molecule has 0 radical (unpaired) electrons. The number of hydrogen-bond donors (Lipinski definition) is 1. The fraction of sp³-hybridized carbons (Fsp3) is 0.200. The van der Waals surface area contributed by atoms with Crippen LogP contribution in [0.25, 0.3) is 11.1 Å². The maximum Gasteiger partial charge on any atom is 0.254 e. The van der Waals surface area contributed by atoms with E-state index in [0.29, 0.717) is 47.9 Å². The SMILES string of the molecule is C=CC(=O)N1CCN(C(=O)c2ccc(O)cc2-c2ccccc2Cl)CC1. The van der Waals surface area contributed by atoms with Crippen molar-refractivity contribution in [3.8, 4) is 16.9 Å². The Morgan fingerprint density at radius 1 is 1.00 bits per heavy atom. The summed E-state index contributed by atoms with van der Waals surface area (Å²) in [6, 6.07) is 11.9. The van der Waals surface area contributed by atoms with E-state index < -0.39 is 0 Å². The summed E-state index contributed by atoms with van der Waals surface area (Å²) in [6.07, 6.45) is 1.28.